The zero-order valence-electron chi connectivity index (χ0n) is 14.1. The first-order valence-electron chi connectivity index (χ1n) is 7.52. The van der Waals surface area contributed by atoms with Gasteiger partial charge in [-0.15, -0.1) is 0 Å². The molecule has 1 aromatic heterocycles. The van der Waals surface area contributed by atoms with Crippen molar-refractivity contribution < 1.29 is 14.6 Å². The SMILES string of the molecule is C=C(N)CSc1nc(N)c(C#N)c(-c2ccc(OCC(=O)O)cc2)c1C#N. The maximum Gasteiger partial charge on any atom is 0.341 e. The van der Waals surface area contributed by atoms with Crippen LogP contribution < -0.4 is 16.2 Å². The second-order valence-corrected chi connectivity index (χ2v) is 6.27. The summed E-state index contributed by atoms with van der Waals surface area (Å²) >= 11 is 1.20. The van der Waals surface area contributed by atoms with Gasteiger partial charge >= 0.3 is 5.97 Å². The molecule has 1 aromatic carbocycles. The van der Waals surface area contributed by atoms with E-state index in [1.54, 1.807) is 24.3 Å². The molecule has 0 amide bonds. The molecule has 0 fully saturated rings. The number of carbonyl (C=O) groups is 1. The quantitative estimate of drug-likeness (QED) is 0.610. The number of nitrogens with two attached hydrogens (primary N) is 2. The number of hydrogen-bond donors (Lipinski definition) is 3. The highest BCUT2D eigenvalue weighted by atomic mass is 32.2. The van der Waals surface area contributed by atoms with Crippen LogP contribution in [0.2, 0.25) is 0 Å². The van der Waals surface area contributed by atoms with E-state index >= 15 is 0 Å². The molecular formula is C18H15N5O3S. The molecule has 27 heavy (non-hydrogen) atoms. The Hall–Kier alpha value is -3.69. The van der Waals surface area contributed by atoms with E-state index in [1.807, 2.05) is 6.07 Å². The normalized spacial score (nSPS) is 9.85. The van der Waals surface area contributed by atoms with Crippen molar-refractivity contribution in [2.24, 2.45) is 5.73 Å². The van der Waals surface area contributed by atoms with Gasteiger partial charge in [0, 0.05) is 17.0 Å². The number of hydrogen-bond acceptors (Lipinski definition) is 8. The standard InChI is InChI=1S/C18H15N5O3S/c1-10(21)9-27-18-14(7-20)16(13(6-19)17(22)23-18)11-2-4-12(5-3-11)26-8-15(24)25/h2-5H,1,8-9,21H2,(H2,22,23)(H,24,25). The molecule has 0 radical (unpaired) electrons. The molecular weight excluding hydrogens is 366 g/mol. The highest BCUT2D eigenvalue weighted by Gasteiger charge is 2.20. The maximum atomic E-state index is 10.6. The molecule has 0 saturated heterocycles. The molecule has 9 heteroatoms. The number of pyridine rings is 1. The van der Waals surface area contributed by atoms with Crippen LogP contribution in [0.4, 0.5) is 5.82 Å². The fourth-order valence-corrected chi connectivity index (χ4v) is 2.99. The Bertz CT molecular complexity index is 974. The molecule has 0 bridgehead atoms. The first-order valence-corrected chi connectivity index (χ1v) is 8.50. The van der Waals surface area contributed by atoms with Crippen molar-refractivity contribution in [2.45, 2.75) is 5.03 Å². The lowest BCUT2D eigenvalue weighted by molar-refractivity contribution is -0.139. The van der Waals surface area contributed by atoms with Crippen LogP contribution in [0.15, 0.2) is 41.6 Å². The van der Waals surface area contributed by atoms with Crippen molar-refractivity contribution >= 4 is 23.5 Å². The second kappa shape index (κ2) is 8.61. The Balaban J connectivity index is 2.53. The van der Waals surface area contributed by atoms with Gasteiger partial charge in [-0.05, 0) is 17.7 Å². The van der Waals surface area contributed by atoms with Crippen LogP contribution in [0.25, 0.3) is 11.1 Å². The smallest absolute Gasteiger partial charge is 0.341 e. The number of nitrogen functional groups attached to an aromatic ring is 1. The van der Waals surface area contributed by atoms with Crippen molar-refractivity contribution in [1.29, 1.82) is 10.5 Å². The Morgan fingerprint density at radius 3 is 2.41 bits per heavy atom. The van der Waals surface area contributed by atoms with Gasteiger partial charge in [0.1, 0.15) is 34.3 Å². The van der Waals surface area contributed by atoms with Gasteiger partial charge < -0.3 is 21.3 Å². The summed E-state index contributed by atoms with van der Waals surface area (Å²) in [5.74, 6) is -0.409. The van der Waals surface area contributed by atoms with Crippen LogP contribution in [0.3, 0.4) is 0 Å². The summed E-state index contributed by atoms with van der Waals surface area (Å²) in [7, 11) is 0. The third-order valence-electron chi connectivity index (χ3n) is 3.32. The van der Waals surface area contributed by atoms with Crippen molar-refractivity contribution in [3.05, 3.63) is 47.7 Å². The van der Waals surface area contributed by atoms with Crippen molar-refractivity contribution in [3.63, 3.8) is 0 Å². The Labute approximate surface area is 159 Å². The molecule has 0 atom stereocenters. The van der Waals surface area contributed by atoms with E-state index in [2.05, 4.69) is 17.6 Å². The van der Waals surface area contributed by atoms with Crippen molar-refractivity contribution in [3.8, 4) is 29.0 Å². The van der Waals surface area contributed by atoms with Gasteiger partial charge in [0.15, 0.2) is 6.61 Å². The minimum absolute atomic E-state index is 0.00263. The van der Waals surface area contributed by atoms with Gasteiger partial charge in [0.25, 0.3) is 0 Å². The highest BCUT2D eigenvalue weighted by molar-refractivity contribution is 7.99. The number of benzene rings is 1. The third-order valence-corrected chi connectivity index (χ3v) is 4.40. The van der Waals surface area contributed by atoms with E-state index in [9.17, 15) is 15.3 Å². The number of thioether (sulfide) groups is 1. The molecule has 136 valence electrons. The lowest BCUT2D eigenvalue weighted by Gasteiger charge is -2.13. The Morgan fingerprint density at radius 1 is 1.26 bits per heavy atom. The van der Waals surface area contributed by atoms with Gasteiger partial charge in [-0.25, -0.2) is 9.78 Å². The number of ether oxygens (including phenoxy) is 1. The molecule has 0 saturated carbocycles. The predicted octanol–water partition coefficient (Wildman–Crippen LogP) is 2.10. The van der Waals surface area contributed by atoms with Gasteiger partial charge in [-0.2, -0.15) is 10.5 Å². The second-order valence-electron chi connectivity index (χ2n) is 5.30. The molecule has 0 unspecified atom stereocenters. The number of aromatic nitrogens is 1. The molecule has 5 N–H and O–H groups in total. The largest absolute Gasteiger partial charge is 0.482 e. The highest BCUT2D eigenvalue weighted by Crippen LogP contribution is 2.36. The van der Waals surface area contributed by atoms with E-state index in [4.69, 9.17) is 21.3 Å². The van der Waals surface area contributed by atoms with E-state index in [1.165, 1.54) is 11.8 Å². The van der Waals surface area contributed by atoms with Crippen LogP contribution in [0.5, 0.6) is 5.75 Å². The number of nitriles is 2. The van der Waals surface area contributed by atoms with Crippen LogP contribution in [-0.2, 0) is 4.79 Å². The molecule has 0 aliphatic rings. The Kier molecular flexibility index (Phi) is 6.26. The fourth-order valence-electron chi connectivity index (χ4n) is 2.22. The van der Waals surface area contributed by atoms with E-state index in [0.29, 0.717) is 33.4 Å². The third kappa shape index (κ3) is 4.69. The predicted molar refractivity (Wildman–Crippen MR) is 101 cm³/mol. The molecule has 2 rings (SSSR count). The average molecular weight is 381 g/mol. The number of anilines is 1. The summed E-state index contributed by atoms with van der Waals surface area (Å²) in [6, 6.07) is 10.4. The maximum absolute atomic E-state index is 10.6. The van der Waals surface area contributed by atoms with Crippen LogP contribution in [-0.4, -0.2) is 28.4 Å². The summed E-state index contributed by atoms with van der Waals surface area (Å²) in [5, 5.41) is 28.1. The number of aliphatic carboxylic acids is 1. The minimum atomic E-state index is -1.09. The molecule has 0 aliphatic carbocycles. The van der Waals surface area contributed by atoms with Crippen LogP contribution in [0.1, 0.15) is 11.1 Å². The van der Waals surface area contributed by atoms with Gasteiger partial charge in [-0.3, -0.25) is 0 Å². The topological polar surface area (TPSA) is 159 Å². The van der Waals surface area contributed by atoms with Crippen LogP contribution in [0, 0.1) is 22.7 Å². The van der Waals surface area contributed by atoms with Crippen molar-refractivity contribution in [2.75, 3.05) is 18.1 Å². The summed E-state index contributed by atoms with van der Waals surface area (Å²) in [5.41, 5.74) is 13.1. The lowest BCUT2D eigenvalue weighted by atomic mass is 9.97. The minimum Gasteiger partial charge on any atom is -0.482 e. The molecule has 1 heterocycles. The number of nitrogens with zero attached hydrogens (tertiary/aromatic N) is 3. The zero-order chi connectivity index (χ0) is 20.0. The first kappa shape index (κ1) is 19.6. The first-order chi connectivity index (χ1) is 12.9. The lowest BCUT2D eigenvalue weighted by Crippen LogP contribution is -2.09. The number of carboxylic acids is 1. The number of rotatable bonds is 7. The zero-order valence-corrected chi connectivity index (χ0v) is 14.9. The van der Waals surface area contributed by atoms with E-state index < -0.39 is 12.6 Å². The molecule has 0 spiro atoms. The summed E-state index contributed by atoms with van der Waals surface area (Å²) in [6.45, 7) is 3.13. The van der Waals surface area contributed by atoms with Gasteiger partial charge in [0.2, 0.25) is 0 Å². The summed E-state index contributed by atoms with van der Waals surface area (Å²) in [4.78, 5) is 14.7. The fraction of sp³-hybridized carbons (Fsp3) is 0.111. The van der Waals surface area contributed by atoms with Crippen LogP contribution >= 0.6 is 11.8 Å². The molecule has 2 aromatic rings. The van der Waals surface area contributed by atoms with Crippen molar-refractivity contribution in [1.82, 2.24) is 4.98 Å². The van der Waals surface area contributed by atoms with Gasteiger partial charge in [-0.1, -0.05) is 30.5 Å². The Morgan fingerprint density at radius 2 is 1.89 bits per heavy atom. The summed E-state index contributed by atoms with van der Waals surface area (Å²) < 4.78 is 5.09. The average Bonchev–Trinajstić information content (AvgIpc) is 2.64. The van der Waals surface area contributed by atoms with E-state index in [-0.39, 0.29) is 16.9 Å². The van der Waals surface area contributed by atoms with E-state index in [0.717, 1.165) is 0 Å². The summed E-state index contributed by atoms with van der Waals surface area (Å²) in [6.07, 6.45) is 0. The van der Waals surface area contributed by atoms with Gasteiger partial charge in [0.05, 0.1) is 5.56 Å². The number of carboxylic acid groups (broad SMARTS) is 1. The molecule has 0 aliphatic heterocycles. The monoisotopic (exact) mass is 381 g/mol. The molecule has 8 nitrogen and oxygen atoms in total.